The molecule has 0 radical (unpaired) electrons. The van der Waals surface area contributed by atoms with Crippen molar-refractivity contribution in [3.63, 3.8) is 0 Å². The van der Waals surface area contributed by atoms with Crippen LogP contribution >= 0.6 is 11.6 Å². The maximum Gasteiger partial charge on any atom is 0.408 e. The summed E-state index contributed by atoms with van der Waals surface area (Å²) in [6.45, 7) is 5.12. The standard InChI is InChI=1S/C28H28ClF2N7O4S/c1-28(2,3)42-27(39)34-20(10-14-8-15(30)11-16(31)9-14)23-18(12-21-25(35-23)33-13-32-21)17-6-7-19(29)22-24(17)38(4)36-26(22)37-43(5,40)41/h6-9,11-13,20H,10H2,1-5H3,(H,34,39)(H,36,37)(H,32,33,35). The average Bonchev–Trinajstić information content (AvgIpc) is 3.44. The first kappa shape index (κ1) is 30.2. The first-order valence-corrected chi connectivity index (χ1v) is 15.3. The van der Waals surface area contributed by atoms with Gasteiger partial charge in [-0.3, -0.25) is 9.40 Å². The van der Waals surface area contributed by atoms with Gasteiger partial charge in [0, 0.05) is 24.2 Å². The van der Waals surface area contributed by atoms with Crippen LogP contribution in [0.1, 0.15) is 38.1 Å². The maximum atomic E-state index is 14.2. The Bertz CT molecular complexity index is 1970. The molecule has 1 amide bonds. The molecule has 0 spiro atoms. The predicted octanol–water partition coefficient (Wildman–Crippen LogP) is 5.62. The SMILES string of the molecule is Cn1nc(NS(C)(=O)=O)c2c(Cl)ccc(-c3cc4[nH]cnc4nc3C(Cc3cc(F)cc(F)c3)NC(=O)OC(C)(C)C)c21. The number of carbonyl (C=O) groups is 1. The van der Waals surface area contributed by atoms with Crippen molar-refractivity contribution in [2.75, 3.05) is 11.0 Å². The van der Waals surface area contributed by atoms with Crippen molar-refractivity contribution in [1.29, 1.82) is 0 Å². The summed E-state index contributed by atoms with van der Waals surface area (Å²) in [5.41, 5.74) is 2.12. The molecule has 226 valence electrons. The number of aromatic amines is 1. The summed E-state index contributed by atoms with van der Waals surface area (Å²) in [6.07, 6.45) is 1.62. The fourth-order valence-electron chi connectivity index (χ4n) is 4.84. The molecule has 2 aromatic carbocycles. The van der Waals surface area contributed by atoms with E-state index < -0.39 is 39.4 Å². The van der Waals surface area contributed by atoms with Crippen LogP contribution in [0.4, 0.5) is 19.4 Å². The first-order valence-electron chi connectivity index (χ1n) is 13.0. The third-order valence-corrected chi connectivity index (χ3v) is 7.21. The number of rotatable bonds is 7. The molecule has 3 N–H and O–H groups in total. The van der Waals surface area contributed by atoms with Crippen LogP contribution in [0.2, 0.25) is 5.02 Å². The number of nitrogens with zero attached hydrogens (tertiary/aromatic N) is 4. The second-order valence-corrected chi connectivity index (χ2v) is 13.2. The lowest BCUT2D eigenvalue weighted by Gasteiger charge is -2.25. The van der Waals surface area contributed by atoms with Crippen LogP contribution in [0.25, 0.3) is 33.2 Å². The van der Waals surface area contributed by atoms with Gasteiger partial charge in [-0.15, -0.1) is 0 Å². The Morgan fingerprint density at radius 2 is 1.84 bits per heavy atom. The number of ether oxygens (including phenoxy) is 1. The largest absolute Gasteiger partial charge is 0.444 e. The van der Waals surface area contributed by atoms with E-state index in [0.29, 0.717) is 38.9 Å². The highest BCUT2D eigenvalue weighted by Crippen LogP contribution is 2.40. The Kier molecular flexibility index (Phi) is 7.77. The minimum absolute atomic E-state index is 0.0302. The molecule has 0 aliphatic rings. The molecule has 3 heterocycles. The van der Waals surface area contributed by atoms with Crippen LogP contribution in [0, 0.1) is 11.6 Å². The third-order valence-electron chi connectivity index (χ3n) is 6.33. The second kappa shape index (κ2) is 11.1. The highest BCUT2D eigenvalue weighted by molar-refractivity contribution is 7.92. The van der Waals surface area contributed by atoms with Crippen molar-refractivity contribution < 1.29 is 26.7 Å². The van der Waals surface area contributed by atoms with Crippen molar-refractivity contribution in [1.82, 2.24) is 30.0 Å². The van der Waals surface area contributed by atoms with Gasteiger partial charge in [0.05, 0.1) is 45.8 Å². The van der Waals surface area contributed by atoms with Crippen LogP contribution < -0.4 is 10.0 Å². The van der Waals surface area contributed by atoms with E-state index in [2.05, 4.69) is 25.1 Å². The summed E-state index contributed by atoms with van der Waals surface area (Å²) in [5.74, 6) is -1.52. The zero-order valence-corrected chi connectivity index (χ0v) is 25.4. The van der Waals surface area contributed by atoms with Gasteiger partial charge in [0.25, 0.3) is 0 Å². The summed E-state index contributed by atoms with van der Waals surface area (Å²) >= 11 is 6.55. The molecule has 43 heavy (non-hydrogen) atoms. The highest BCUT2D eigenvalue weighted by atomic mass is 35.5. The number of anilines is 1. The molecule has 3 aromatic heterocycles. The summed E-state index contributed by atoms with van der Waals surface area (Å²) in [4.78, 5) is 25.1. The van der Waals surface area contributed by atoms with E-state index in [1.807, 2.05) is 0 Å². The fourth-order valence-corrected chi connectivity index (χ4v) is 5.58. The van der Waals surface area contributed by atoms with E-state index in [0.717, 1.165) is 12.3 Å². The molecule has 1 atom stereocenters. The van der Waals surface area contributed by atoms with Crippen molar-refractivity contribution in [3.8, 4) is 11.1 Å². The number of benzene rings is 2. The number of imidazole rings is 1. The number of nitrogens with one attached hydrogen (secondary N) is 3. The minimum Gasteiger partial charge on any atom is -0.444 e. The molecule has 5 aromatic rings. The van der Waals surface area contributed by atoms with Crippen molar-refractivity contribution >= 4 is 55.6 Å². The molecule has 0 bridgehead atoms. The summed E-state index contributed by atoms with van der Waals surface area (Å²) in [5, 5.41) is 7.74. The van der Waals surface area contributed by atoms with E-state index in [1.165, 1.54) is 23.1 Å². The Balaban J connectivity index is 1.75. The average molecular weight is 632 g/mol. The molecule has 0 aliphatic carbocycles. The van der Waals surface area contributed by atoms with Gasteiger partial charge in [-0.25, -0.2) is 32.0 Å². The molecule has 0 saturated carbocycles. The number of halogens is 3. The van der Waals surface area contributed by atoms with Gasteiger partial charge in [0.15, 0.2) is 11.5 Å². The van der Waals surface area contributed by atoms with Gasteiger partial charge in [-0.1, -0.05) is 17.7 Å². The Morgan fingerprint density at radius 3 is 2.49 bits per heavy atom. The zero-order chi connectivity index (χ0) is 31.3. The number of alkyl carbamates (subject to hydrolysis) is 1. The molecular formula is C28H28ClF2N7O4S. The molecule has 15 heteroatoms. The molecule has 11 nitrogen and oxygen atoms in total. The zero-order valence-electron chi connectivity index (χ0n) is 23.8. The Labute approximate surface area is 250 Å². The molecule has 0 aliphatic heterocycles. The number of sulfonamides is 1. The quantitative estimate of drug-likeness (QED) is 0.211. The maximum absolute atomic E-state index is 14.2. The summed E-state index contributed by atoms with van der Waals surface area (Å²) < 4.78 is 61.9. The summed E-state index contributed by atoms with van der Waals surface area (Å²) in [7, 11) is -2.07. The van der Waals surface area contributed by atoms with Gasteiger partial charge in [-0.05, 0) is 57.0 Å². The van der Waals surface area contributed by atoms with Crippen molar-refractivity contribution in [3.05, 3.63) is 70.6 Å². The lowest BCUT2D eigenvalue weighted by molar-refractivity contribution is 0.0502. The van der Waals surface area contributed by atoms with E-state index in [4.69, 9.17) is 21.3 Å². The van der Waals surface area contributed by atoms with Gasteiger partial charge in [-0.2, -0.15) is 5.10 Å². The number of carbonyl (C=O) groups excluding carboxylic acids is 1. The second-order valence-electron chi connectivity index (χ2n) is 11.0. The van der Waals surface area contributed by atoms with Crippen LogP contribution in [0.15, 0.2) is 42.7 Å². The van der Waals surface area contributed by atoms with Crippen LogP contribution in [0.5, 0.6) is 0 Å². The Hall–Kier alpha value is -4.30. The number of fused-ring (bicyclic) bond motifs is 2. The van der Waals surface area contributed by atoms with E-state index >= 15 is 0 Å². The number of hydrogen-bond donors (Lipinski definition) is 3. The first-order chi connectivity index (χ1) is 20.1. The number of H-pyrrole nitrogens is 1. The number of amides is 1. The van der Waals surface area contributed by atoms with E-state index in [-0.39, 0.29) is 22.8 Å². The topological polar surface area (TPSA) is 144 Å². The Morgan fingerprint density at radius 1 is 1.14 bits per heavy atom. The van der Waals surface area contributed by atoms with Crippen molar-refractivity contribution in [2.45, 2.75) is 38.8 Å². The molecule has 0 fully saturated rings. The fraction of sp³-hybridized carbons (Fsp3) is 0.286. The van der Waals surface area contributed by atoms with Crippen LogP contribution in [0.3, 0.4) is 0 Å². The predicted molar refractivity (Wildman–Crippen MR) is 159 cm³/mol. The minimum atomic E-state index is -3.70. The van der Waals surface area contributed by atoms with Crippen LogP contribution in [-0.2, 0) is 28.2 Å². The summed E-state index contributed by atoms with van der Waals surface area (Å²) in [6, 6.07) is 7.21. The molecule has 5 rings (SSSR count). The van der Waals surface area contributed by atoms with Crippen LogP contribution in [-0.4, -0.2) is 51.1 Å². The smallest absolute Gasteiger partial charge is 0.408 e. The van der Waals surface area contributed by atoms with E-state index in [9.17, 15) is 22.0 Å². The molecule has 1 unspecified atom stereocenters. The highest BCUT2D eigenvalue weighted by Gasteiger charge is 2.28. The lowest BCUT2D eigenvalue weighted by atomic mass is 9.94. The number of aryl methyl sites for hydroxylation is 1. The monoisotopic (exact) mass is 631 g/mol. The molecule has 0 saturated heterocycles. The third kappa shape index (κ3) is 6.70. The van der Waals surface area contributed by atoms with Gasteiger partial charge in [0.1, 0.15) is 17.2 Å². The van der Waals surface area contributed by atoms with Gasteiger partial charge < -0.3 is 15.0 Å². The lowest BCUT2D eigenvalue weighted by Crippen LogP contribution is -2.36. The van der Waals surface area contributed by atoms with Crippen molar-refractivity contribution in [2.24, 2.45) is 7.05 Å². The number of hydrogen-bond acceptors (Lipinski definition) is 7. The van der Waals surface area contributed by atoms with E-state index in [1.54, 1.807) is 46.0 Å². The number of pyridine rings is 1. The molecular weight excluding hydrogens is 604 g/mol. The normalized spacial score (nSPS) is 12.9. The van der Waals surface area contributed by atoms with Gasteiger partial charge >= 0.3 is 6.09 Å². The number of aromatic nitrogens is 5. The van der Waals surface area contributed by atoms with Gasteiger partial charge in [0.2, 0.25) is 10.0 Å².